The Bertz CT molecular complexity index is 964. The second-order valence-electron chi connectivity index (χ2n) is 6.26. The molecule has 28 heavy (non-hydrogen) atoms. The molecule has 142 valence electrons. The first-order valence-electron chi connectivity index (χ1n) is 8.86. The summed E-state index contributed by atoms with van der Waals surface area (Å²) in [6.07, 6.45) is 6.35. The molecule has 8 nitrogen and oxygen atoms in total. The minimum Gasteiger partial charge on any atom is -0.352 e. The standard InChI is InChI=1S/C19H18ClN7O/c20-16-4-2-1-3-15(16)5-8-19(28)26-11-9-25(10-12-26)17-6-7-18(24-23-17)27-14-21-13-22-27/h1-8,13-14H,9-12H2. The molecule has 0 N–H and O–H groups in total. The van der Waals surface area contributed by atoms with Crippen LogP contribution < -0.4 is 4.90 Å². The number of nitrogens with zero attached hydrogens (tertiary/aromatic N) is 7. The number of hydrogen-bond donors (Lipinski definition) is 0. The van der Waals surface area contributed by atoms with Gasteiger partial charge in [0.15, 0.2) is 11.6 Å². The SMILES string of the molecule is O=C(C=Cc1ccccc1Cl)N1CCN(c2ccc(-n3cncn3)nn2)CC1. The number of aromatic nitrogens is 5. The van der Waals surface area contributed by atoms with Gasteiger partial charge in [0, 0.05) is 37.3 Å². The van der Waals surface area contributed by atoms with Crippen molar-refractivity contribution >= 4 is 29.4 Å². The molecule has 0 radical (unpaired) electrons. The molecular weight excluding hydrogens is 378 g/mol. The van der Waals surface area contributed by atoms with Crippen molar-refractivity contribution < 1.29 is 4.79 Å². The van der Waals surface area contributed by atoms with Gasteiger partial charge in [-0.3, -0.25) is 4.79 Å². The highest BCUT2D eigenvalue weighted by molar-refractivity contribution is 6.32. The average Bonchev–Trinajstić information content (AvgIpc) is 3.28. The number of halogens is 1. The van der Waals surface area contributed by atoms with E-state index in [1.54, 1.807) is 29.2 Å². The highest BCUT2D eigenvalue weighted by atomic mass is 35.5. The van der Waals surface area contributed by atoms with Crippen LogP contribution in [0.25, 0.3) is 11.9 Å². The van der Waals surface area contributed by atoms with Crippen molar-refractivity contribution in [3.05, 3.63) is 65.7 Å². The summed E-state index contributed by atoms with van der Waals surface area (Å²) in [5, 5.41) is 13.1. The van der Waals surface area contributed by atoms with E-state index in [2.05, 4.69) is 25.2 Å². The lowest BCUT2D eigenvalue weighted by molar-refractivity contribution is -0.126. The van der Waals surface area contributed by atoms with E-state index in [0.29, 0.717) is 37.0 Å². The monoisotopic (exact) mass is 395 g/mol. The van der Waals surface area contributed by atoms with Crippen molar-refractivity contribution in [3.8, 4) is 5.82 Å². The van der Waals surface area contributed by atoms with Gasteiger partial charge in [0.1, 0.15) is 12.7 Å². The summed E-state index contributed by atoms with van der Waals surface area (Å²) in [6.45, 7) is 2.64. The molecule has 9 heteroatoms. The Morgan fingerprint density at radius 2 is 1.75 bits per heavy atom. The molecule has 2 aromatic heterocycles. The van der Waals surface area contributed by atoms with Crippen LogP contribution in [0.3, 0.4) is 0 Å². The number of carbonyl (C=O) groups excluding carboxylic acids is 1. The van der Waals surface area contributed by atoms with Crippen molar-refractivity contribution in [1.82, 2.24) is 29.9 Å². The van der Waals surface area contributed by atoms with Crippen molar-refractivity contribution in [3.63, 3.8) is 0 Å². The van der Waals surface area contributed by atoms with E-state index in [0.717, 1.165) is 11.4 Å². The highest BCUT2D eigenvalue weighted by Gasteiger charge is 2.21. The molecular formula is C19H18ClN7O. The molecule has 4 rings (SSSR count). The fraction of sp³-hybridized carbons (Fsp3) is 0.211. The zero-order valence-electron chi connectivity index (χ0n) is 15.0. The molecule has 0 spiro atoms. The number of piperazine rings is 1. The number of amides is 1. The highest BCUT2D eigenvalue weighted by Crippen LogP contribution is 2.17. The summed E-state index contributed by atoms with van der Waals surface area (Å²) in [5.74, 6) is 1.37. The molecule has 0 aliphatic carbocycles. The van der Waals surface area contributed by atoms with Crippen LogP contribution in [-0.2, 0) is 4.79 Å². The molecule has 1 fully saturated rings. The van der Waals surface area contributed by atoms with Crippen molar-refractivity contribution in [1.29, 1.82) is 0 Å². The molecule has 1 aliphatic heterocycles. The lowest BCUT2D eigenvalue weighted by Gasteiger charge is -2.34. The number of rotatable bonds is 4. The Balaban J connectivity index is 1.34. The Morgan fingerprint density at radius 1 is 1.00 bits per heavy atom. The first kappa shape index (κ1) is 18.1. The van der Waals surface area contributed by atoms with E-state index in [-0.39, 0.29) is 5.91 Å². The summed E-state index contributed by atoms with van der Waals surface area (Å²) in [6, 6.07) is 11.2. The maximum Gasteiger partial charge on any atom is 0.246 e. The minimum absolute atomic E-state index is 0.0211. The van der Waals surface area contributed by atoms with Gasteiger partial charge < -0.3 is 9.80 Å². The van der Waals surface area contributed by atoms with Crippen LogP contribution >= 0.6 is 11.6 Å². The van der Waals surface area contributed by atoms with Gasteiger partial charge in [-0.05, 0) is 29.8 Å². The third-order valence-corrected chi connectivity index (χ3v) is 4.86. The van der Waals surface area contributed by atoms with Gasteiger partial charge >= 0.3 is 0 Å². The number of anilines is 1. The van der Waals surface area contributed by atoms with Gasteiger partial charge in [0.05, 0.1) is 0 Å². The van der Waals surface area contributed by atoms with Gasteiger partial charge in [-0.2, -0.15) is 5.10 Å². The van der Waals surface area contributed by atoms with Crippen LogP contribution in [0.5, 0.6) is 0 Å². The summed E-state index contributed by atoms with van der Waals surface area (Å²) in [5.41, 5.74) is 0.832. The fourth-order valence-corrected chi connectivity index (χ4v) is 3.17. The van der Waals surface area contributed by atoms with Crippen LogP contribution in [0.1, 0.15) is 5.56 Å². The molecule has 0 bridgehead atoms. The van der Waals surface area contributed by atoms with E-state index in [4.69, 9.17) is 11.6 Å². The maximum absolute atomic E-state index is 12.4. The predicted octanol–water partition coefficient (Wildman–Crippen LogP) is 2.07. The third-order valence-electron chi connectivity index (χ3n) is 4.52. The zero-order chi connectivity index (χ0) is 19.3. The fourth-order valence-electron chi connectivity index (χ4n) is 2.97. The van der Waals surface area contributed by atoms with Crippen LogP contribution in [0.15, 0.2) is 55.1 Å². The Kier molecular flexibility index (Phi) is 5.29. The van der Waals surface area contributed by atoms with Crippen LogP contribution in [-0.4, -0.2) is 61.9 Å². The first-order valence-corrected chi connectivity index (χ1v) is 9.24. The van der Waals surface area contributed by atoms with Gasteiger partial charge in [0.2, 0.25) is 5.91 Å². The normalized spacial score (nSPS) is 14.6. The van der Waals surface area contributed by atoms with Crippen LogP contribution in [0, 0.1) is 0 Å². The molecule has 1 saturated heterocycles. The van der Waals surface area contributed by atoms with E-state index in [1.807, 2.05) is 35.2 Å². The number of carbonyl (C=O) groups is 1. The molecule has 0 unspecified atom stereocenters. The summed E-state index contributed by atoms with van der Waals surface area (Å²) in [4.78, 5) is 20.3. The summed E-state index contributed by atoms with van der Waals surface area (Å²) < 4.78 is 1.55. The van der Waals surface area contributed by atoms with Crippen molar-refractivity contribution in [2.24, 2.45) is 0 Å². The molecule has 1 aliphatic rings. The minimum atomic E-state index is -0.0211. The molecule has 0 saturated carbocycles. The quantitative estimate of drug-likeness (QED) is 0.629. The molecule has 3 aromatic rings. The molecule has 0 atom stereocenters. The number of hydrogen-bond acceptors (Lipinski definition) is 6. The zero-order valence-corrected chi connectivity index (χ0v) is 15.8. The van der Waals surface area contributed by atoms with E-state index in [1.165, 1.54) is 6.33 Å². The molecule has 1 amide bonds. The van der Waals surface area contributed by atoms with E-state index < -0.39 is 0 Å². The summed E-state index contributed by atoms with van der Waals surface area (Å²) in [7, 11) is 0. The Labute approximate surface area is 167 Å². The lowest BCUT2D eigenvalue weighted by Crippen LogP contribution is -2.48. The van der Waals surface area contributed by atoms with Crippen molar-refractivity contribution in [2.45, 2.75) is 0 Å². The average molecular weight is 396 g/mol. The van der Waals surface area contributed by atoms with Gasteiger partial charge in [-0.25, -0.2) is 9.67 Å². The van der Waals surface area contributed by atoms with E-state index in [9.17, 15) is 4.79 Å². The topological polar surface area (TPSA) is 80.0 Å². The Morgan fingerprint density at radius 3 is 2.43 bits per heavy atom. The first-order chi connectivity index (χ1) is 13.7. The summed E-state index contributed by atoms with van der Waals surface area (Å²) >= 11 is 6.12. The van der Waals surface area contributed by atoms with Crippen molar-refractivity contribution in [2.75, 3.05) is 31.1 Å². The van der Waals surface area contributed by atoms with Crippen LogP contribution in [0.2, 0.25) is 5.02 Å². The Hall–Kier alpha value is -3.26. The lowest BCUT2D eigenvalue weighted by atomic mass is 10.2. The second-order valence-corrected chi connectivity index (χ2v) is 6.66. The third kappa shape index (κ3) is 4.01. The molecule has 3 heterocycles. The van der Waals surface area contributed by atoms with Crippen LogP contribution in [0.4, 0.5) is 5.82 Å². The molecule has 1 aromatic carbocycles. The van der Waals surface area contributed by atoms with Gasteiger partial charge in [-0.15, -0.1) is 10.2 Å². The maximum atomic E-state index is 12.4. The predicted molar refractivity (Wildman–Crippen MR) is 106 cm³/mol. The smallest absolute Gasteiger partial charge is 0.246 e. The van der Waals surface area contributed by atoms with Gasteiger partial charge in [-0.1, -0.05) is 29.8 Å². The second kappa shape index (κ2) is 8.18. The van der Waals surface area contributed by atoms with Gasteiger partial charge in [0.25, 0.3) is 0 Å². The number of benzene rings is 1. The largest absolute Gasteiger partial charge is 0.352 e. The van der Waals surface area contributed by atoms with E-state index >= 15 is 0 Å².